The van der Waals surface area contributed by atoms with Crippen LogP contribution in [0.2, 0.25) is 5.02 Å². The van der Waals surface area contributed by atoms with Crippen LogP contribution in [0.25, 0.3) is 0 Å². The van der Waals surface area contributed by atoms with Gasteiger partial charge >= 0.3 is 0 Å². The van der Waals surface area contributed by atoms with Gasteiger partial charge in [0.25, 0.3) is 0 Å². The van der Waals surface area contributed by atoms with Crippen LogP contribution in [-0.2, 0) is 14.8 Å². The van der Waals surface area contributed by atoms with E-state index in [9.17, 15) is 22.0 Å². The largest absolute Gasteiger partial charge is 0.325 e. The number of carbonyl (C=O) groups excluding carboxylic acids is 1. The highest BCUT2D eigenvalue weighted by Gasteiger charge is 2.20. The van der Waals surface area contributed by atoms with Crippen LogP contribution >= 0.6 is 11.6 Å². The topological polar surface area (TPSA) is 75.3 Å². The summed E-state index contributed by atoms with van der Waals surface area (Å²) in [6.45, 7) is -0.609. The molecule has 2 aromatic carbocycles. The second-order valence-corrected chi connectivity index (χ2v) is 6.63. The van der Waals surface area contributed by atoms with E-state index in [2.05, 4.69) is 5.32 Å². The minimum Gasteiger partial charge on any atom is -0.325 e. The zero-order chi connectivity index (χ0) is 17.0. The first kappa shape index (κ1) is 17.3. The first-order valence-corrected chi connectivity index (χ1v) is 8.14. The van der Waals surface area contributed by atoms with Gasteiger partial charge in [-0.05, 0) is 42.5 Å². The fourth-order valence-corrected chi connectivity index (χ4v) is 2.87. The van der Waals surface area contributed by atoms with Gasteiger partial charge in [0, 0.05) is 10.7 Å². The molecule has 0 heterocycles. The number of hydrogen-bond acceptors (Lipinski definition) is 3. The van der Waals surface area contributed by atoms with Gasteiger partial charge in [0.2, 0.25) is 15.9 Å². The first-order chi connectivity index (χ1) is 10.8. The van der Waals surface area contributed by atoms with Crippen molar-refractivity contribution in [2.24, 2.45) is 0 Å². The molecule has 2 aromatic rings. The molecule has 0 atom stereocenters. The van der Waals surface area contributed by atoms with Crippen molar-refractivity contribution < 1.29 is 22.0 Å². The van der Waals surface area contributed by atoms with Crippen LogP contribution in [0.5, 0.6) is 0 Å². The molecule has 2 rings (SSSR count). The number of halogens is 3. The summed E-state index contributed by atoms with van der Waals surface area (Å²) >= 11 is 5.55. The van der Waals surface area contributed by atoms with Crippen LogP contribution in [-0.4, -0.2) is 20.9 Å². The number of rotatable bonds is 5. The van der Waals surface area contributed by atoms with Gasteiger partial charge in [-0.15, -0.1) is 0 Å². The minimum atomic E-state index is -4.21. The SMILES string of the molecule is O=C(CNS(=O)(=O)c1ccc(Cl)cc1F)Nc1ccc(F)cc1. The van der Waals surface area contributed by atoms with E-state index in [4.69, 9.17) is 11.6 Å². The summed E-state index contributed by atoms with van der Waals surface area (Å²) in [4.78, 5) is 11.1. The lowest BCUT2D eigenvalue weighted by molar-refractivity contribution is -0.115. The predicted octanol–water partition coefficient (Wildman–Crippen LogP) is 2.54. The van der Waals surface area contributed by atoms with Crippen molar-refractivity contribution in [1.82, 2.24) is 4.72 Å². The molecule has 23 heavy (non-hydrogen) atoms. The number of amides is 1. The Kier molecular flexibility index (Phi) is 5.30. The van der Waals surface area contributed by atoms with Gasteiger partial charge in [-0.1, -0.05) is 11.6 Å². The number of nitrogens with one attached hydrogen (secondary N) is 2. The Balaban J connectivity index is 2.01. The van der Waals surface area contributed by atoms with Crippen LogP contribution in [0.1, 0.15) is 0 Å². The van der Waals surface area contributed by atoms with Gasteiger partial charge in [-0.3, -0.25) is 4.79 Å². The predicted molar refractivity (Wildman–Crippen MR) is 81.6 cm³/mol. The molecule has 0 aromatic heterocycles. The Morgan fingerprint density at radius 2 is 1.74 bits per heavy atom. The molecule has 0 aliphatic carbocycles. The van der Waals surface area contributed by atoms with E-state index in [1.165, 1.54) is 18.2 Å². The van der Waals surface area contributed by atoms with Crippen molar-refractivity contribution in [2.75, 3.05) is 11.9 Å². The Labute approximate surface area is 136 Å². The number of anilines is 1. The van der Waals surface area contributed by atoms with Crippen molar-refractivity contribution in [1.29, 1.82) is 0 Å². The summed E-state index contributed by atoms with van der Waals surface area (Å²) in [5.41, 5.74) is 0.299. The number of hydrogen-bond donors (Lipinski definition) is 2. The molecule has 0 bridgehead atoms. The number of carbonyl (C=O) groups is 1. The summed E-state index contributed by atoms with van der Waals surface area (Å²) < 4.78 is 52.2. The average molecular weight is 361 g/mol. The molecular formula is C14H11ClF2N2O3S. The highest BCUT2D eigenvalue weighted by molar-refractivity contribution is 7.89. The van der Waals surface area contributed by atoms with Crippen LogP contribution < -0.4 is 10.0 Å². The first-order valence-electron chi connectivity index (χ1n) is 6.28. The summed E-state index contributed by atoms with van der Waals surface area (Å²) in [6.07, 6.45) is 0. The normalized spacial score (nSPS) is 11.3. The van der Waals surface area contributed by atoms with E-state index in [-0.39, 0.29) is 5.02 Å². The van der Waals surface area contributed by atoms with Gasteiger partial charge in [-0.2, -0.15) is 0 Å². The molecule has 0 radical (unpaired) electrons. The van der Waals surface area contributed by atoms with Crippen LogP contribution in [0, 0.1) is 11.6 Å². The maximum atomic E-state index is 13.6. The van der Waals surface area contributed by atoms with Crippen molar-refractivity contribution in [2.45, 2.75) is 4.90 Å². The molecule has 0 saturated carbocycles. The quantitative estimate of drug-likeness (QED) is 0.860. The molecule has 5 nitrogen and oxygen atoms in total. The molecule has 9 heteroatoms. The fraction of sp³-hybridized carbons (Fsp3) is 0.0714. The summed E-state index contributed by atoms with van der Waals surface area (Å²) in [6, 6.07) is 8.00. The van der Waals surface area contributed by atoms with E-state index < -0.39 is 39.0 Å². The highest BCUT2D eigenvalue weighted by Crippen LogP contribution is 2.18. The molecule has 0 unspecified atom stereocenters. The molecule has 0 fully saturated rings. The zero-order valence-electron chi connectivity index (χ0n) is 11.5. The third kappa shape index (κ3) is 4.72. The lowest BCUT2D eigenvalue weighted by Crippen LogP contribution is -2.33. The van der Waals surface area contributed by atoms with Crippen molar-refractivity contribution >= 4 is 33.2 Å². The van der Waals surface area contributed by atoms with E-state index in [1.54, 1.807) is 0 Å². The third-order valence-corrected chi connectivity index (χ3v) is 4.40. The molecule has 1 amide bonds. The van der Waals surface area contributed by atoms with Crippen LogP contribution in [0.4, 0.5) is 14.5 Å². The minimum absolute atomic E-state index is 0.0514. The van der Waals surface area contributed by atoms with Crippen molar-refractivity contribution in [3.8, 4) is 0 Å². The third-order valence-electron chi connectivity index (χ3n) is 2.73. The Hall–Kier alpha value is -2.03. The van der Waals surface area contributed by atoms with Gasteiger partial charge in [0.15, 0.2) is 0 Å². The number of sulfonamides is 1. The summed E-state index contributed by atoms with van der Waals surface area (Å²) in [5.74, 6) is -2.18. The van der Waals surface area contributed by atoms with Gasteiger partial charge < -0.3 is 5.32 Å². The van der Waals surface area contributed by atoms with E-state index >= 15 is 0 Å². The monoisotopic (exact) mass is 360 g/mol. The van der Waals surface area contributed by atoms with Gasteiger partial charge in [-0.25, -0.2) is 21.9 Å². The molecule has 0 saturated heterocycles. The maximum Gasteiger partial charge on any atom is 0.243 e. The van der Waals surface area contributed by atoms with E-state index in [0.717, 1.165) is 24.3 Å². The lowest BCUT2D eigenvalue weighted by atomic mass is 10.3. The fourth-order valence-electron chi connectivity index (χ4n) is 1.67. The van der Waals surface area contributed by atoms with Gasteiger partial charge in [0.05, 0.1) is 6.54 Å². The van der Waals surface area contributed by atoms with Crippen LogP contribution in [0.15, 0.2) is 47.4 Å². The second-order valence-electron chi connectivity index (χ2n) is 4.45. The van der Waals surface area contributed by atoms with Crippen LogP contribution in [0.3, 0.4) is 0 Å². The summed E-state index contributed by atoms with van der Waals surface area (Å²) in [5, 5.41) is 2.42. The van der Waals surface area contributed by atoms with E-state index in [0.29, 0.717) is 5.69 Å². The zero-order valence-corrected chi connectivity index (χ0v) is 13.1. The molecular weight excluding hydrogens is 350 g/mol. The second kappa shape index (κ2) is 7.03. The standard InChI is InChI=1S/C14H11ClF2N2O3S/c15-9-1-6-13(12(17)7-9)23(21,22)18-8-14(20)19-11-4-2-10(16)3-5-11/h1-7,18H,8H2,(H,19,20). The highest BCUT2D eigenvalue weighted by atomic mass is 35.5. The molecule has 122 valence electrons. The molecule has 2 N–H and O–H groups in total. The molecule has 0 spiro atoms. The summed E-state index contributed by atoms with van der Waals surface area (Å²) in [7, 11) is -4.21. The lowest BCUT2D eigenvalue weighted by Gasteiger charge is -2.08. The smallest absolute Gasteiger partial charge is 0.243 e. The number of benzene rings is 2. The van der Waals surface area contributed by atoms with Crippen molar-refractivity contribution in [3.05, 3.63) is 59.1 Å². The van der Waals surface area contributed by atoms with Crippen molar-refractivity contribution in [3.63, 3.8) is 0 Å². The van der Waals surface area contributed by atoms with Gasteiger partial charge in [0.1, 0.15) is 16.5 Å². The Bertz CT molecular complexity index is 826. The average Bonchev–Trinajstić information content (AvgIpc) is 2.47. The maximum absolute atomic E-state index is 13.6. The Morgan fingerprint density at radius 1 is 1.09 bits per heavy atom. The molecule has 0 aliphatic rings. The van der Waals surface area contributed by atoms with E-state index in [1.807, 2.05) is 4.72 Å². The Morgan fingerprint density at radius 3 is 2.35 bits per heavy atom. The molecule has 0 aliphatic heterocycles.